The number of carbonyl (C=O) groups is 2. The van der Waals surface area contributed by atoms with Crippen molar-refractivity contribution in [1.82, 2.24) is 0 Å². The first-order valence-electron chi connectivity index (χ1n) is 8.50. The zero-order valence-electron chi connectivity index (χ0n) is 15.5. The van der Waals surface area contributed by atoms with Gasteiger partial charge >= 0.3 is 6.16 Å². The van der Waals surface area contributed by atoms with Gasteiger partial charge in [-0.2, -0.15) is 0 Å². The molecule has 0 aliphatic rings. The Morgan fingerprint density at radius 2 is 1.83 bits per heavy atom. The zero-order chi connectivity index (χ0) is 21.0. The summed E-state index contributed by atoms with van der Waals surface area (Å²) in [5.74, 6) is 0.253. The van der Waals surface area contributed by atoms with Gasteiger partial charge in [-0.15, -0.1) is 0 Å². The molecule has 0 radical (unpaired) electrons. The Balaban J connectivity index is 1.85. The number of methoxy groups -OCH3 is 1. The van der Waals surface area contributed by atoms with Gasteiger partial charge in [0, 0.05) is 15.6 Å². The number of halogens is 2. The second kappa shape index (κ2) is 9.35. The van der Waals surface area contributed by atoms with Gasteiger partial charge in [-0.05, 0) is 31.2 Å². The molecule has 0 unspecified atom stereocenters. The fourth-order valence-electron chi connectivity index (χ4n) is 2.55. The smallest absolute Gasteiger partial charge is 0.495 e. The quantitative estimate of drug-likeness (QED) is 0.321. The molecule has 1 aromatic heterocycles. The number of fused-ring (bicyclic) bond motifs is 1. The molecular formula is C20H16Cl2O6S. The third-order valence-corrected chi connectivity index (χ3v) is 5.77. The second-order valence-electron chi connectivity index (χ2n) is 5.66. The summed E-state index contributed by atoms with van der Waals surface area (Å²) in [5, 5.41) is 1.14. The summed E-state index contributed by atoms with van der Waals surface area (Å²) < 4.78 is 21.7. The van der Waals surface area contributed by atoms with Crippen molar-refractivity contribution in [2.24, 2.45) is 0 Å². The van der Waals surface area contributed by atoms with E-state index in [-0.39, 0.29) is 39.6 Å². The van der Waals surface area contributed by atoms with E-state index in [0.29, 0.717) is 11.1 Å². The summed E-state index contributed by atoms with van der Waals surface area (Å²) in [4.78, 5) is 24.4. The third-order valence-electron chi connectivity index (χ3n) is 3.87. The Hall–Kier alpha value is -2.48. The first kappa shape index (κ1) is 21.2. The highest BCUT2D eigenvalue weighted by atomic mass is 35.5. The number of carbonyl (C=O) groups excluding carboxylic acids is 2. The molecule has 3 rings (SSSR count). The van der Waals surface area contributed by atoms with Crippen molar-refractivity contribution < 1.29 is 28.5 Å². The molecule has 0 N–H and O–H groups in total. The normalized spacial score (nSPS) is 10.6. The van der Waals surface area contributed by atoms with E-state index in [1.807, 2.05) is 18.2 Å². The first-order chi connectivity index (χ1) is 14.0. The highest BCUT2D eigenvalue weighted by Crippen LogP contribution is 2.44. The van der Waals surface area contributed by atoms with Crippen LogP contribution in [0.1, 0.15) is 17.3 Å². The number of hydrogen-bond donors (Lipinski definition) is 0. The molecule has 0 saturated heterocycles. The lowest BCUT2D eigenvalue weighted by Crippen LogP contribution is -2.14. The molecule has 0 aliphatic heterocycles. The van der Waals surface area contributed by atoms with Crippen molar-refractivity contribution in [3.8, 4) is 16.6 Å². The molecule has 0 bridgehead atoms. The molecular weight excluding hydrogens is 439 g/mol. The fraction of sp³-hybridized carbons (Fsp3) is 0.200. The molecule has 9 heteroatoms. The molecule has 0 aliphatic carbocycles. The topological polar surface area (TPSA) is 71.1 Å². The van der Waals surface area contributed by atoms with Gasteiger partial charge in [0.25, 0.3) is 0 Å². The van der Waals surface area contributed by atoms with E-state index in [1.54, 1.807) is 19.1 Å². The summed E-state index contributed by atoms with van der Waals surface area (Å²) in [6, 6.07) is 10.4. The number of Topliss-reactive ketones (excluding diaryl/α,β-unsaturated/α-hetero) is 1. The standard InChI is InChI=1S/C20H16Cl2O6S/c1-3-26-20(24)28-19-18(12-6-4-5-7-15(12)29-19)27-10-13(23)11-8-9-14(25-2)17(22)16(11)21/h4-9H,3,10H2,1-2H3. The van der Waals surface area contributed by atoms with Gasteiger partial charge in [0.05, 0.1) is 18.7 Å². The van der Waals surface area contributed by atoms with Crippen molar-refractivity contribution in [1.29, 1.82) is 0 Å². The van der Waals surface area contributed by atoms with Crippen LogP contribution in [0.15, 0.2) is 36.4 Å². The van der Waals surface area contributed by atoms with Crippen molar-refractivity contribution in [2.45, 2.75) is 6.92 Å². The van der Waals surface area contributed by atoms with Gasteiger partial charge in [0.15, 0.2) is 12.4 Å². The fourth-order valence-corrected chi connectivity index (χ4v) is 4.04. The van der Waals surface area contributed by atoms with Crippen LogP contribution in [0.5, 0.6) is 16.6 Å². The van der Waals surface area contributed by atoms with E-state index in [9.17, 15) is 9.59 Å². The van der Waals surface area contributed by atoms with E-state index in [2.05, 4.69) is 0 Å². The van der Waals surface area contributed by atoms with Crippen LogP contribution in [-0.2, 0) is 4.74 Å². The minimum absolute atomic E-state index is 0.0813. The largest absolute Gasteiger partial charge is 0.514 e. The predicted molar refractivity (Wildman–Crippen MR) is 112 cm³/mol. The molecule has 0 fully saturated rings. The molecule has 0 amide bonds. The van der Waals surface area contributed by atoms with Crippen LogP contribution in [0.2, 0.25) is 10.0 Å². The van der Waals surface area contributed by atoms with Crippen LogP contribution in [0, 0.1) is 0 Å². The minimum atomic E-state index is -0.847. The molecule has 6 nitrogen and oxygen atoms in total. The van der Waals surface area contributed by atoms with E-state index < -0.39 is 11.9 Å². The second-order valence-corrected chi connectivity index (χ2v) is 7.43. The Labute approximate surface area is 180 Å². The molecule has 152 valence electrons. The number of rotatable bonds is 7. The Bertz CT molecular complexity index is 1060. The highest BCUT2D eigenvalue weighted by Gasteiger charge is 2.21. The molecule has 0 spiro atoms. The van der Waals surface area contributed by atoms with E-state index in [4.69, 9.17) is 42.1 Å². The van der Waals surface area contributed by atoms with Gasteiger partial charge in [-0.25, -0.2) is 4.79 Å². The monoisotopic (exact) mass is 454 g/mol. The van der Waals surface area contributed by atoms with Crippen LogP contribution in [0.25, 0.3) is 10.1 Å². The maximum atomic E-state index is 12.6. The van der Waals surface area contributed by atoms with Crippen molar-refractivity contribution in [3.63, 3.8) is 0 Å². The first-order valence-corrected chi connectivity index (χ1v) is 10.1. The molecule has 29 heavy (non-hydrogen) atoms. The summed E-state index contributed by atoms with van der Waals surface area (Å²) in [6.07, 6.45) is -0.847. The Kier molecular flexibility index (Phi) is 6.84. The minimum Gasteiger partial charge on any atom is -0.495 e. The number of benzene rings is 2. The van der Waals surface area contributed by atoms with Crippen LogP contribution < -0.4 is 14.2 Å². The Morgan fingerprint density at radius 3 is 2.55 bits per heavy atom. The SMILES string of the molecule is CCOC(=O)Oc1sc2ccccc2c1OCC(=O)c1ccc(OC)c(Cl)c1Cl. The van der Waals surface area contributed by atoms with Crippen LogP contribution in [0.4, 0.5) is 4.79 Å². The summed E-state index contributed by atoms with van der Waals surface area (Å²) in [6.45, 7) is 1.52. The summed E-state index contributed by atoms with van der Waals surface area (Å²) in [7, 11) is 1.45. The predicted octanol–water partition coefficient (Wildman–Crippen LogP) is 6.01. The van der Waals surface area contributed by atoms with Crippen LogP contribution in [0.3, 0.4) is 0 Å². The molecule has 0 saturated carbocycles. The molecule has 0 atom stereocenters. The van der Waals surface area contributed by atoms with Crippen molar-refractivity contribution >= 4 is 56.6 Å². The van der Waals surface area contributed by atoms with Gasteiger partial charge in [0.1, 0.15) is 10.8 Å². The number of hydrogen-bond acceptors (Lipinski definition) is 7. The number of ketones is 1. The maximum Gasteiger partial charge on any atom is 0.514 e. The lowest BCUT2D eigenvalue weighted by atomic mass is 10.1. The summed E-state index contributed by atoms with van der Waals surface area (Å²) in [5.41, 5.74) is 0.199. The van der Waals surface area contributed by atoms with Crippen molar-refractivity contribution in [2.75, 3.05) is 20.3 Å². The van der Waals surface area contributed by atoms with E-state index in [1.165, 1.54) is 24.5 Å². The molecule has 3 aromatic rings. The highest BCUT2D eigenvalue weighted by molar-refractivity contribution is 7.21. The van der Waals surface area contributed by atoms with E-state index in [0.717, 1.165) is 4.70 Å². The van der Waals surface area contributed by atoms with Gasteiger partial charge in [-0.1, -0.05) is 46.7 Å². The third kappa shape index (κ3) is 4.58. The lowest BCUT2D eigenvalue weighted by Gasteiger charge is -2.10. The van der Waals surface area contributed by atoms with E-state index >= 15 is 0 Å². The van der Waals surface area contributed by atoms with Crippen molar-refractivity contribution in [3.05, 3.63) is 52.0 Å². The Morgan fingerprint density at radius 1 is 1.07 bits per heavy atom. The summed E-state index contributed by atoms with van der Waals surface area (Å²) >= 11 is 13.5. The average molecular weight is 455 g/mol. The average Bonchev–Trinajstić information content (AvgIpc) is 3.05. The van der Waals surface area contributed by atoms with Gasteiger partial charge in [-0.3, -0.25) is 4.79 Å². The van der Waals surface area contributed by atoms with Gasteiger partial charge < -0.3 is 18.9 Å². The number of thiophene rings is 1. The van der Waals surface area contributed by atoms with Gasteiger partial charge in [0.2, 0.25) is 10.8 Å². The molecule has 1 heterocycles. The zero-order valence-corrected chi connectivity index (χ0v) is 17.8. The van der Waals surface area contributed by atoms with Crippen LogP contribution in [-0.4, -0.2) is 32.3 Å². The molecule has 2 aromatic carbocycles. The maximum absolute atomic E-state index is 12.6. The van der Waals surface area contributed by atoms with Crippen LogP contribution >= 0.6 is 34.5 Å². The number of ether oxygens (including phenoxy) is 4. The lowest BCUT2D eigenvalue weighted by molar-refractivity contribution is 0.0916.